The predicted octanol–water partition coefficient (Wildman–Crippen LogP) is 4.55. The van der Waals surface area contributed by atoms with E-state index in [1.165, 1.54) is 0 Å². The Morgan fingerprint density at radius 1 is 1.10 bits per heavy atom. The SMILES string of the molecule is O=C1c2ccccc2N[C@@H](c2ccc(N3CCCC3)c([N+](=O)[O-])c2)N1Cc1ccco1. The number of benzene rings is 2. The van der Waals surface area contributed by atoms with Crippen molar-refractivity contribution in [3.8, 4) is 0 Å². The molecule has 5 rings (SSSR count). The Balaban J connectivity index is 1.56. The first kappa shape index (κ1) is 19.2. The number of hydrogen-bond donors (Lipinski definition) is 1. The van der Waals surface area contributed by atoms with E-state index in [-0.39, 0.29) is 23.1 Å². The molecule has 31 heavy (non-hydrogen) atoms. The summed E-state index contributed by atoms with van der Waals surface area (Å²) in [5, 5.41) is 15.3. The number of hydrogen-bond acceptors (Lipinski definition) is 6. The highest BCUT2D eigenvalue weighted by Gasteiger charge is 2.35. The minimum Gasteiger partial charge on any atom is -0.467 e. The standard InChI is InChI=1S/C23H22N4O4/c28-23-18-7-1-2-8-19(18)24-22(26(23)15-17-6-5-13-31-17)16-9-10-20(21(14-16)27(29)30)25-11-3-4-12-25/h1-2,5-10,13-14,22,24H,3-4,11-12,15H2/t22-/m1/s1. The summed E-state index contributed by atoms with van der Waals surface area (Å²) in [7, 11) is 0. The van der Waals surface area contributed by atoms with E-state index in [0.29, 0.717) is 28.3 Å². The maximum absolute atomic E-state index is 13.3. The van der Waals surface area contributed by atoms with Crippen LogP contribution in [0.5, 0.6) is 0 Å². The number of nitro groups is 1. The van der Waals surface area contributed by atoms with Gasteiger partial charge in [0.25, 0.3) is 11.6 Å². The summed E-state index contributed by atoms with van der Waals surface area (Å²) in [6.45, 7) is 1.89. The fourth-order valence-corrected chi connectivity index (χ4v) is 4.37. The molecule has 1 saturated heterocycles. The molecule has 2 aliphatic rings. The number of carbonyl (C=O) groups is 1. The summed E-state index contributed by atoms with van der Waals surface area (Å²) < 4.78 is 5.47. The van der Waals surface area contributed by atoms with Crippen molar-refractivity contribution in [2.45, 2.75) is 25.6 Å². The van der Waals surface area contributed by atoms with Gasteiger partial charge >= 0.3 is 0 Å². The first-order chi connectivity index (χ1) is 15.1. The number of amides is 1. The minimum atomic E-state index is -0.557. The molecule has 3 aromatic rings. The minimum absolute atomic E-state index is 0.0606. The third kappa shape index (κ3) is 3.50. The Morgan fingerprint density at radius 3 is 2.65 bits per heavy atom. The van der Waals surface area contributed by atoms with E-state index >= 15 is 0 Å². The zero-order valence-electron chi connectivity index (χ0n) is 16.9. The summed E-state index contributed by atoms with van der Waals surface area (Å²) in [5.41, 5.74) is 2.62. The second-order valence-electron chi connectivity index (χ2n) is 7.80. The van der Waals surface area contributed by atoms with Crippen molar-refractivity contribution in [1.82, 2.24) is 4.90 Å². The number of carbonyl (C=O) groups excluding carboxylic acids is 1. The average molecular weight is 418 g/mol. The topological polar surface area (TPSA) is 91.9 Å². The molecule has 0 aliphatic carbocycles. The van der Waals surface area contributed by atoms with Crippen LogP contribution >= 0.6 is 0 Å². The molecule has 0 unspecified atom stereocenters. The number of para-hydroxylation sites is 1. The highest BCUT2D eigenvalue weighted by atomic mass is 16.6. The van der Waals surface area contributed by atoms with Crippen molar-refractivity contribution in [3.63, 3.8) is 0 Å². The maximum atomic E-state index is 13.3. The van der Waals surface area contributed by atoms with Gasteiger partial charge in [0.2, 0.25) is 0 Å². The Bertz CT molecular complexity index is 1120. The highest BCUT2D eigenvalue weighted by molar-refractivity contribution is 6.01. The van der Waals surface area contributed by atoms with Crippen LogP contribution in [0, 0.1) is 10.1 Å². The van der Waals surface area contributed by atoms with Crippen molar-refractivity contribution >= 4 is 23.0 Å². The predicted molar refractivity (Wildman–Crippen MR) is 116 cm³/mol. The largest absolute Gasteiger partial charge is 0.467 e. The van der Waals surface area contributed by atoms with Crippen LogP contribution in [0.3, 0.4) is 0 Å². The maximum Gasteiger partial charge on any atom is 0.292 e. The third-order valence-electron chi connectivity index (χ3n) is 5.89. The van der Waals surface area contributed by atoms with Crippen molar-refractivity contribution in [2.24, 2.45) is 0 Å². The van der Waals surface area contributed by atoms with Gasteiger partial charge in [-0.05, 0) is 43.2 Å². The average Bonchev–Trinajstić information content (AvgIpc) is 3.49. The quantitative estimate of drug-likeness (QED) is 0.483. The number of fused-ring (bicyclic) bond motifs is 1. The van der Waals surface area contributed by atoms with E-state index in [4.69, 9.17) is 4.42 Å². The molecule has 0 bridgehead atoms. The van der Waals surface area contributed by atoms with Crippen LogP contribution < -0.4 is 10.2 Å². The van der Waals surface area contributed by atoms with E-state index in [0.717, 1.165) is 25.9 Å². The Labute approximate surface area is 179 Å². The summed E-state index contributed by atoms with van der Waals surface area (Å²) in [6.07, 6.45) is 3.07. The lowest BCUT2D eigenvalue weighted by molar-refractivity contribution is -0.384. The Hall–Kier alpha value is -3.81. The zero-order chi connectivity index (χ0) is 21.4. The first-order valence-corrected chi connectivity index (χ1v) is 10.3. The van der Waals surface area contributed by atoms with Crippen LogP contribution in [0.25, 0.3) is 0 Å². The molecule has 1 atom stereocenters. The van der Waals surface area contributed by atoms with E-state index in [9.17, 15) is 14.9 Å². The van der Waals surface area contributed by atoms with Gasteiger partial charge in [-0.15, -0.1) is 0 Å². The summed E-state index contributed by atoms with van der Waals surface area (Å²) in [6, 6.07) is 16.1. The van der Waals surface area contributed by atoms with Crippen LogP contribution in [0.1, 0.15) is 40.7 Å². The number of nitrogens with one attached hydrogen (secondary N) is 1. The van der Waals surface area contributed by atoms with Crippen molar-refractivity contribution in [1.29, 1.82) is 0 Å². The van der Waals surface area contributed by atoms with Gasteiger partial charge in [0, 0.05) is 30.4 Å². The van der Waals surface area contributed by atoms with Gasteiger partial charge < -0.3 is 19.5 Å². The van der Waals surface area contributed by atoms with Crippen molar-refractivity contribution in [2.75, 3.05) is 23.3 Å². The Morgan fingerprint density at radius 2 is 1.90 bits per heavy atom. The molecule has 1 amide bonds. The van der Waals surface area contributed by atoms with Crippen molar-refractivity contribution < 1.29 is 14.1 Å². The van der Waals surface area contributed by atoms with Crippen LogP contribution in [-0.2, 0) is 6.54 Å². The molecule has 3 heterocycles. The number of furan rings is 1. The van der Waals surface area contributed by atoms with Crippen LogP contribution in [0.4, 0.5) is 17.1 Å². The lowest BCUT2D eigenvalue weighted by Crippen LogP contribution is -2.42. The lowest BCUT2D eigenvalue weighted by atomic mass is 10.0. The van der Waals surface area contributed by atoms with Gasteiger partial charge in [-0.2, -0.15) is 0 Å². The molecule has 1 aromatic heterocycles. The molecule has 2 aromatic carbocycles. The zero-order valence-corrected chi connectivity index (χ0v) is 16.9. The molecular weight excluding hydrogens is 396 g/mol. The fraction of sp³-hybridized carbons (Fsp3) is 0.261. The van der Waals surface area contributed by atoms with Gasteiger partial charge in [0.1, 0.15) is 17.6 Å². The molecule has 8 heteroatoms. The van der Waals surface area contributed by atoms with Crippen molar-refractivity contribution in [3.05, 3.63) is 87.9 Å². The van der Waals surface area contributed by atoms with E-state index in [1.54, 1.807) is 35.4 Å². The van der Waals surface area contributed by atoms with E-state index in [1.807, 2.05) is 30.3 Å². The smallest absolute Gasteiger partial charge is 0.292 e. The number of rotatable bonds is 5. The fourth-order valence-electron chi connectivity index (χ4n) is 4.37. The van der Waals surface area contributed by atoms with Gasteiger partial charge in [-0.3, -0.25) is 14.9 Å². The Kier molecular flexibility index (Phi) is 4.82. The summed E-state index contributed by atoms with van der Waals surface area (Å²) in [5.74, 6) is 0.491. The molecule has 8 nitrogen and oxygen atoms in total. The van der Waals surface area contributed by atoms with Gasteiger partial charge in [-0.1, -0.05) is 18.2 Å². The molecule has 0 radical (unpaired) electrons. The number of nitro benzene ring substituents is 1. The lowest BCUT2D eigenvalue weighted by Gasteiger charge is -2.37. The molecule has 1 fully saturated rings. The summed E-state index contributed by atoms with van der Waals surface area (Å²) in [4.78, 5) is 28.6. The highest BCUT2D eigenvalue weighted by Crippen LogP contribution is 2.38. The molecular formula is C23H22N4O4. The normalized spacial score (nSPS) is 18.1. The molecule has 1 N–H and O–H groups in total. The van der Waals surface area contributed by atoms with Crippen LogP contribution in [-0.4, -0.2) is 28.8 Å². The second-order valence-corrected chi connectivity index (χ2v) is 7.80. The number of nitrogens with zero attached hydrogens (tertiary/aromatic N) is 3. The third-order valence-corrected chi connectivity index (χ3v) is 5.89. The van der Waals surface area contributed by atoms with Crippen LogP contribution in [0.2, 0.25) is 0 Å². The van der Waals surface area contributed by atoms with Gasteiger partial charge in [0.15, 0.2) is 0 Å². The van der Waals surface area contributed by atoms with E-state index < -0.39 is 6.17 Å². The number of anilines is 2. The monoisotopic (exact) mass is 418 g/mol. The second kappa shape index (κ2) is 7.79. The first-order valence-electron chi connectivity index (χ1n) is 10.3. The van der Waals surface area contributed by atoms with Gasteiger partial charge in [0.05, 0.1) is 23.3 Å². The molecule has 0 saturated carbocycles. The molecule has 0 spiro atoms. The van der Waals surface area contributed by atoms with Gasteiger partial charge in [-0.25, -0.2) is 0 Å². The van der Waals surface area contributed by atoms with Crippen LogP contribution in [0.15, 0.2) is 65.3 Å². The molecule has 158 valence electrons. The summed E-state index contributed by atoms with van der Waals surface area (Å²) >= 11 is 0. The van der Waals surface area contributed by atoms with E-state index in [2.05, 4.69) is 10.2 Å². The molecule has 2 aliphatic heterocycles.